The first-order valence-corrected chi connectivity index (χ1v) is 8.64. The van der Waals surface area contributed by atoms with Gasteiger partial charge >= 0.3 is 11.9 Å². The van der Waals surface area contributed by atoms with Gasteiger partial charge in [-0.15, -0.1) is 0 Å². The first-order chi connectivity index (χ1) is 12.1. The maximum absolute atomic E-state index is 12.9. The monoisotopic (exact) mass is 358 g/mol. The number of allylic oxidation sites excluding steroid dienone is 3. The molecule has 0 spiro atoms. The molecule has 1 saturated heterocycles. The molecule has 0 amide bonds. The molecule has 6 nitrogen and oxygen atoms in total. The Morgan fingerprint density at radius 2 is 2.00 bits per heavy atom. The minimum Gasteiger partial charge on any atom is -0.457 e. The number of carbonyl (C=O) groups excluding carboxylic acids is 4. The quantitative estimate of drug-likeness (QED) is 0.554. The molecule has 0 radical (unpaired) electrons. The molecule has 2 fully saturated rings. The van der Waals surface area contributed by atoms with Crippen LogP contribution in [0.5, 0.6) is 0 Å². The van der Waals surface area contributed by atoms with E-state index in [2.05, 4.69) is 6.58 Å². The molecule has 0 aromatic rings. The van der Waals surface area contributed by atoms with E-state index in [9.17, 15) is 19.2 Å². The molecule has 0 aromatic heterocycles. The lowest BCUT2D eigenvalue weighted by Crippen LogP contribution is -2.49. The van der Waals surface area contributed by atoms with Gasteiger partial charge in [0.05, 0.1) is 11.3 Å². The van der Waals surface area contributed by atoms with Crippen molar-refractivity contribution in [2.45, 2.75) is 39.9 Å². The standard InChI is InChI=1S/C20H22O6/c1-6-9(2)18(23)26-17-14-11(4)19(24)25-16(14)15(22)10(3)12-7-8-13(21)20(12,17)5/h6-8,10,12,14,16-17H,4H2,1-3,5H3/b9-6+/t10-,12-,14+,16-,17-,20-/m0/s1. The van der Waals surface area contributed by atoms with Crippen molar-refractivity contribution in [3.05, 3.63) is 36.0 Å². The largest absolute Gasteiger partial charge is 0.457 e. The molecule has 2 aliphatic carbocycles. The van der Waals surface area contributed by atoms with Crippen LogP contribution in [0.2, 0.25) is 0 Å². The zero-order valence-electron chi connectivity index (χ0n) is 15.3. The number of carbonyl (C=O) groups is 4. The van der Waals surface area contributed by atoms with Gasteiger partial charge in [-0.3, -0.25) is 9.59 Å². The van der Waals surface area contributed by atoms with Crippen molar-refractivity contribution in [2.24, 2.45) is 23.2 Å². The maximum Gasteiger partial charge on any atom is 0.334 e. The lowest BCUT2D eigenvalue weighted by molar-refractivity contribution is -0.161. The fourth-order valence-corrected chi connectivity index (χ4v) is 4.24. The van der Waals surface area contributed by atoms with Crippen LogP contribution in [0.3, 0.4) is 0 Å². The number of fused-ring (bicyclic) bond motifs is 2. The molecule has 0 N–H and O–H groups in total. The van der Waals surface area contributed by atoms with Crippen molar-refractivity contribution in [1.29, 1.82) is 0 Å². The van der Waals surface area contributed by atoms with E-state index in [0.29, 0.717) is 5.57 Å². The summed E-state index contributed by atoms with van der Waals surface area (Å²) in [5.41, 5.74) is -0.720. The Morgan fingerprint density at radius 1 is 1.35 bits per heavy atom. The highest BCUT2D eigenvalue weighted by molar-refractivity contribution is 6.04. The highest BCUT2D eigenvalue weighted by Crippen LogP contribution is 2.53. The third kappa shape index (κ3) is 2.31. The van der Waals surface area contributed by atoms with Gasteiger partial charge in [-0.2, -0.15) is 0 Å². The summed E-state index contributed by atoms with van der Waals surface area (Å²) in [7, 11) is 0. The van der Waals surface area contributed by atoms with Gasteiger partial charge in [0.2, 0.25) is 0 Å². The van der Waals surface area contributed by atoms with Gasteiger partial charge in [-0.25, -0.2) is 9.59 Å². The summed E-state index contributed by atoms with van der Waals surface area (Å²) in [5, 5.41) is 0. The molecule has 0 unspecified atom stereocenters. The van der Waals surface area contributed by atoms with Crippen LogP contribution < -0.4 is 0 Å². The van der Waals surface area contributed by atoms with Crippen LogP contribution in [-0.2, 0) is 28.7 Å². The Balaban J connectivity index is 2.15. The first kappa shape index (κ1) is 18.3. The van der Waals surface area contributed by atoms with Gasteiger partial charge in [0.1, 0.15) is 6.10 Å². The number of hydrogen-bond donors (Lipinski definition) is 0. The average Bonchev–Trinajstić information content (AvgIpc) is 3.06. The van der Waals surface area contributed by atoms with E-state index in [1.54, 1.807) is 39.8 Å². The van der Waals surface area contributed by atoms with Crippen LogP contribution in [0, 0.1) is 23.2 Å². The second-order valence-corrected chi connectivity index (χ2v) is 7.40. The molecule has 6 heteroatoms. The van der Waals surface area contributed by atoms with Gasteiger partial charge < -0.3 is 9.47 Å². The average molecular weight is 358 g/mol. The van der Waals surface area contributed by atoms with Crippen molar-refractivity contribution < 1.29 is 28.7 Å². The van der Waals surface area contributed by atoms with Crippen LogP contribution in [0.15, 0.2) is 36.0 Å². The van der Waals surface area contributed by atoms with Crippen molar-refractivity contribution in [3.63, 3.8) is 0 Å². The van der Waals surface area contributed by atoms with Gasteiger partial charge in [-0.05, 0) is 26.8 Å². The minimum absolute atomic E-state index is 0.0630. The summed E-state index contributed by atoms with van der Waals surface area (Å²) in [6.45, 7) is 10.4. The Hall–Kier alpha value is -2.50. The molecule has 0 aromatic carbocycles. The van der Waals surface area contributed by atoms with E-state index in [1.807, 2.05) is 0 Å². The van der Waals surface area contributed by atoms with Crippen LogP contribution in [0.1, 0.15) is 27.7 Å². The second-order valence-electron chi connectivity index (χ2n) is 7.40. The Kier molecular flexibility index (Phi) is 4.25. The van der Waals surface area contributed by atoms with E-state index < -0.39 is 47.3 Å². The van der Waals surface area contributed by atoms with Gasteiger partial charge in [0.25, 0.3) is 0 Å². The topological polar surface area (TPSA) is 86.7 Å². The molecular weight excluding hydrogens is 336 g/mol. The van der Waals surface area contributed by atoms with E-state index >= 15 is 0 Å². The number of ether oxygens (including phenoxy) is 2. The van der Waals surface area contributed by atoms with Crippen LogP contribution >= 0.6 is 0 Å². The zero-order chi connectivity index (χ0) is 19.4. The predicted octanol–water partition coefficient (Wildman–Crippen LogP) is 1.94. The molecule has 138 valence electrons. The first-order valence-electron chi connectivity index (χ1n) is 8.64. The molecule has 1 aliphatic heterocycles. The van der Waals surface area contributed by atoms with Crippen molar-refractivity contribution in [3.8, 4) is 0 Å². The zero-order valence-corrected chi connectivity index (χ0v) is 15.3. The molecule has 6 atom stereocenters. The molecule has 0 bridgehead atoms. The van der Waals surface area contributed by atoms with Crippen LogP contribution in [0.4, 0.5) is 0 Å². The third-order valence-corrected chi connectivity index (χ3v) is 6.08. The fraction of sp³-hybridized carbons (Fsp3) is 0.500. The predicted molar refractivity (Wildman–Crippen MR) is 91.7 cm³/mol. The van der Waals surface area contributed by atoms with E-state index in [1.165, 1.54) is 6.08 Å². The minimum atomic E-state index is -1.16. The SMILES string of the molecule is C=C1C(=O)O[C@@H]2C(=O)[C@@H](C)[C@@H]3C=CC(=O)[C@@]3(C)[C@@H](OC(=O)/C(C)=C/C)[C@H]12. The smallest absolute Gasteiger partial charge is 0.334 e. The Labute approximate surface area is 151 Å². The lowest BCUT2D eigenvalue weighted by Gasteiger charge is -2.39. The molecule has 3 rings (SSSR count). The molecule has 3 aliphatic rings. The van der Waals surface area contributed by atoms with Crippen molar-refractivity contribution >= 4 is 23.5 Å². The molecule has 1 heterocycles. The van der Waals surface area contributed by atoms with E-state index in [4.69, 9.17) is 9.47 Å². The number of esters is 2. The van der Waals surface area contributed by atoms with E-state index in [-0.39, 0.29) is 17.1 Å². The van der Waals surface area contributed by atoms with Crippen LogP contribution in [-0.4, -0.2) is 35.7 Å². The summed E-state index contributed by atoms with van der Waals surface area (Å²) in [4.78, 5) is 50.2. The Morgan fingerprint density at radius 3 is 2.62 bits per heavy atom. The van der Waals surface area contributed by atoms with Gasteiger partial charge in [0, 0.05) is 23.0 Å². The fourth-order valence-electron chi connectivity index (χ4n) is 4.24. The highest BCUT2D eigenvalue weighted by atomic mass is 16.6. The number of rotatable bonds is 2. The Bertz CT molecular complexity index is 788. The van der Waals surface area contributed by atoms with Crippen LogP contribution in [0.25, 0.3) is 0 Å². The number of Topliss-reactive ketones (excluding diaryl/α,β-unsaturated/α-hetero) is 1. The highest BCUT2D eigenvalue weighted by Gasteiger charge is 2.64. The molecule has 26 heavy (non-hydrogen) atoms. The van der Waals surface area contributed by atoms with Crippen molar-refractivity contribution in [1.82, 2.24) is 0 Å². The number of ketones is 2. The normalized spacial score (nSPS) is 39.4. The van der Waals surface area contributed by atoms with Gasteiger partial charge in [0.15, 0.2) is 17.7 Å². The third-order valence-electron chi connectivity index (χ3n) is 6.08. The van der Waals surface area contributed by atoms with E-state index in [0.717, 1.165) is 0 Å². The molecule has 1 saturated carbocycles. The van der Waals surface area contributed by atoms with Crippen molar-refractivity contribution in [2.75, 3.05) is 0 Å². The second kappa shape index (κ2) is 6.04. The summed E-state index contributed by atoms with van der Waals surface area (Å²) in [5.74, 6) is -3.66. The summed E-state index contributed by atoms with van der Waals surface area (Å²) < 4.78 is 11.0. The summed E-state index contributed by atoms with van der Waals surface area (Å²) in [6.07, 6.45) is 2.62. The molecular formula is C20H22O6. The maximum atomic E-state index is 12.9. The number of hydrogen-bond acceptors (Lipinski definition) is 6. The summed E-state index contributed by atoms with van der Waals surface area (Å²) in [6, 6.07) is 0. The van der Waals surface area contributed by atoms with Gasteiger partial charge in [-0.1, -0.05) is 25.7 Å². The summed E-state index contributed by atoms with van der Waals surface area (Å²) >= 11 is 0. The lowest BCUT2D eigenvalue weighted by atomic mass is 9.67.